The van der Waals surface area contributed by atoms with Crippen LogP contribution in [0.2, 0.25) is 0 Å². The molecule has 5 heteroatoms. The number of anilines is 1. The lowest BCUT2D eigenvalue weighted by Gasteiger charge is -2.25. The lowest BCUT2D eigenvalue weighted by Crippen LogP contribution is -2.35. The fraction of sp³-hybridized carbons (Fsp3) is 0.273. The summed E-state index contributed by atoms with van der Waals surface area (Å²) in [7, 11) is 1.57. The molecule has 1 heterocycles. The van der Waals surface area contributed by atoms with Crippen molar-refractivity contribution in [2.75, 3.05) is 25.1 Å². The highest BCUT2D eigenvalue weighted by atomic mass is 16.5. The highest BCUT2D eigenvalue weighted by molar-refractivity contribution is 6.37. The van der Waals surface area contributed by atoms with Crippen LogP contribution in [-0.4, -0.2) is 36.9 Å². The predicted octanol–water partition coefficient (Wildman–Crippen LogP) is 3.71. The zero-order valence-electron chi connectivity index (χ0n) is 15.9. The number of carbonyl (C=O) groups excluding carboxylic acids is 2. The number of ether oxygens (including phenoxy) is 1. The lowest BCUT2D eigenvalue weighted by molar-refractivity contribution is -0.136. The third kappa shape index (κ3) is 3.33. The van der Waals surface area contributed by atoms with Crippen LogP contribution < -0.4 is 9.64 Å². The first-order valence-corrected chi connectivity index (χ1v) is 9.20. The van der Waals surface area contributed by atoms with E-state index >= 15 is 0 Å². The second-order valence-electron chi connectivity index (χ2n) is 6.27. The summed E-state index contributed by atoms with van der Waals surface area (Å²) in [6, 6.07) is 17.0. The van der Waals surface area contributed by atoms with Gasteiger partial charge in [0.15, 0.2) is 0 Å². The first-order chi connectivity index (χ1) is 13.1. The minimum absolute atomic E-state index is 0.256. The smallest absolute Gasteiger partial charge is 0.278 e. The van der Waals surface area contributed by atoms with E-state index in [1.807, 2.05) is 67.3 Å². The maximum Gasteiger partial charge on any atom is 0.278 e. The molecule has 3 rings (SSSR count). The van der Waals surface area contributed by atoms with Crippen molar-refractivity contribution in [1.29, 1.82) is 0 Å². The molecule has 0 atom stereocenters. The Morgan fingerprint density at radius 2 is 1.59 bits per heavy atom. The van der Waals surface area contributed by atoms with Gasteiger partial charge in [-0.05, 0) is 31.5 Å². The van der Waals surface area contributed by atoms with Crippen molar-refractivity contribution in [2.45, 2.75) is 20.3 Å². The summed E-state index contributed by atoms with van der Waals surface area (Å²) in [5.74, 6) is 0.0535. The highest BCUT2D eigenvalue weighted by Crippen LogP contribution is 2.37. The summed E-state index contributed by atoms with van der Waals surface area (Å²) in [5.41, 5.74) is 2.33. The summed E-state index contributed by atoms with van der Waals surface area (Å²) in [5, 5.41) is 0. The van der Waals surface area contributed by atoms with Crippen LogP contribution in [0.1, 0.15) is 25.8 Å². The second kappa shape index (κ2) is 8.08. The van der Waals surface area contributed by atoms with Gasteiger partial charge in [-0.3, -0.25) is 14.5 Å². The summed E-state index contributed by atoms with van der Waals surface area (Å²) in [4.78, 5) is 29.7. The number of hydrogen-bond acceptors (Lipinski definition) is 4. The van der Waals surface area contributed by atoms with Gasteiger partial charge in [0.2, 0.25) is 0 Å². The molecule has 2 amide bonds. The quantitative estimate of drug-likeness (QED) is 0.703. The molecule has 2 aromatic carbocycles. The Morgan fingerprint density at radius 1 is 0.926 bits per heavy atom. The fourth-order valence-corrected chi connectivity index (χ4v) is 3.41. The van der Waals surface area contributed by atoms with Gasteiger partial charge >= 0.3 is 0 Å². The fourth-order valence-electron chi connectivity index (χ4n) is 3.41. The van der Waals surface area contributed by atoms with Gasteiger partial charge in [0.1, 0.15) is 11.4 Å². The molecule has 0 fully saturated rings. The van der Waals surface area contributed by atoms with Crippen LogP contribution in [-0.2, 0) is 9.59 Å². The maximum atomic E-state index is 13.2. The molecule has 0 saturated heterocycles. The Bertz CT molecular complexity index is 874. The predicted molar refractivity (Wildman–Crippen MR) is 106 cm³/mol. The Hall–Kier alpha value is -3.08. The first-order valence-electron chi connectivity index (χ1n) is 9.20. The molecule has 0 bridgehead atoms. The summed E-state index contributed by atoms with van der Waals surface area (Å²) in [6.45, 7) is 4.89. The number of methoxy groups -OCH3 is 1. The van der Waals surface area contributed by atoms with Crippen molar-refractivity contribution in [3.8, 4) is 5.75 Å². The van der Waals surface area contributed by atoms with E-state index in [0.29, 0.717) is 42.1 Å². The van der Waals surface area contributed by atoms with E-state index in [4.69, 9.17) is 4.74 Å². The van der Waals surface area contributed by atoms with Crippen LogP contribution in [0, 0.1) is 0 Å². The normalized spacial score (nSPS) is 14.1. The summed E-state index contributed by atoms with van der Waals surface area (Å²) >= 11 is 0. The Morgan fingerprint density at radius 3 is 2.22 bits per heavy atom. The van der Waals surface area contributed by atoms with Crippen molar-refractivity contribution >= 4 is 23.1 Å². The minimum atomic E-state index is -0.268. The van der Waals surface area contributed by atoms with Crippen LogP contribution in [0.5, 0.6) is 5.75 Å². The standard InChI is InChI=1S/C22H24N2O3/c1-4-15-24-21(25)19(17-13-9-10-14-18(17)27-3)20(22(24)26)23(5-2)16-11-7-6-8-12-16/h6-14H,4-5,15H2,1-3H3. The van der Waals surface area contributed by atoms with E-state index in [1.54, 1.807) is 13.2 Å². The SMILES string of the molecule is CCCN1C(=O)C(c2ccccc2OC)=C(N(CC)c2ccccc2)C1=O. The molecular formula is C22H24N2O3. The average Bonchev–Trinajstić information content (AvgIpc) is 2.94. The third-order valence-electron chi connectivity index (χ3n) is 4.62. The number of carbonyl (C=O) groups is 2. The molecule has 27 heavy (non-hydrogen) atoms. The first kappa shape index (κ1) is 18.7. The number of imide groups is 1. The van der Waals surface area contributed by atoms with E-state index in [-0.39, 0.29) is 11.8 Å². The number of amides is 2. The Labute approximate surface area is 159 Å². The molecule has 1 aliphatic heterocycles. The summed E-state index contributed by atoms with van der Waals surface area (Å²) < 4.78 is 5.47. The number of rotatable bonds is 7. The van der Waals surface area contributed by atoms with E-state index < -0.39 is 0 Å². The van der Waals surface area contributed by atoms with Crippen LogP contribution in [0.4, 0.5) is 5.69 Å². The number of hydrogen-bond donors (Lipinski definition) is 0. The monoisotopic (exact) mass is 364 g/mol. The lowest BCUT2D eigenvalue weighted by atomic mass is 10.0. The molecule has 0 aromatic heterocycles. The third-order valence-corrected chi connectivity index (χ3v) is 4.62. The average molecular weight is 364 g/mol. The van der Waals surface area contributed by atoms with Gasteiger partial charge in [0.25, 0.3) is 11.8 Å². The molecule has 0 aliphatic carbocycles. The van der Waals surface area contributed by atoms with Crippen LogP contribution >= 0.6 is 0 Å². The van der Waals surface area contributed by atoms with Gasteiger partial charge in [-0.1, -0.05) is 43.3 Å². The molecule has 5 nitrogen and oxygen atoms in total. The number of para-hydroxylation sites is 2. The van der Waals surface area contributed by atoms with E-state index in [0.717, 1.165) is 5.69 Å². The van der Waals surface area contributed by atoms with E-state index in [2.05, 4.69) is 0 Å². The molecular weight excluding hydrogens is 340 g/mol. The molecule has 140 valence electrons. The van der Waals surface area contributed by atoms with Crippen molar-refractivity contribution < 1.29 is 14.3 Å². The van der Waals surface area contributed by atoms with Crippen LogP contribution in [0.15, 0.2) is 60.3 Å². The molecule has 0 N–H and O–H groups in total. The number of likely N-dealkylation sites (N-methyl/N-ethyl adjacent to an activating group) is 1. The van der Waals surface area contributed by atoms with Gasteiger partial charge in [-0.2, -0.15) is 0 Å². The van der Waals surface area contributed by atoms with Crippen molar-refractivity contribution in [3.05, 3.63) is 65.9 Å². The molecule has 2 aromatic rings. The highest BCUT2D eigenvalue weighted by Gasteiger charge is 2.42. The molecule has 0 saturated carbocycles. The van der Waals surface area contributed by atoms with Crippen molar-refractivity contribution in [2.24, 2.45) is 0 Å². The minimum Gasteiger partial charge on any atom is -0.496 e. The van der Waals surface area contributed by atoms with Crippen molar-refractivity contribution in [1.82, 2.24) is 4.90 Å². The van der Waals surface area contributed by atoms with E-state index in [1.165, 1.54) is 4.90 Å². The molecule has 1 aliphatic rings. The topological polar surface area (TPSA) is 49.9 Å². The maximum absolute atomic E-state index is 13.2. The molecule has 0 spiro atoms. The van der Waals surface area contributed by atoms with Crippen molar-refractivity contribution in [3.63, 3.8) is 0 Å². The van der Waals surface area contributed by atoms with Gasteiger partial charge in [-0.15, -0.1) is 0 Å². The number of nitrogens with zero attached hydrogens (tertiary/aromatic N) is 2. The van der Waals surface area contributed by atoms with Gasteiger partial charge < -0.3 is 9.64 Å². The molecule has 0 unspecified atom stereocenters. The zero-order valence-corrected chi connectivity index (χ0v) is 15.9. The Balaban J connectivity index is 2.23. The van der Waals surface area contributed by atoms with Crippen LogP contribution in [0.25, 0.3) is 5.57 Å². The van der Waals surface area contributed by atoms with Crippen LogP contribution in [0.3, 0.4) is 0 Å². The zero-order chi connectivity index (χ0) is 19.4. The number of benzene rings is 2. The molecule has 0 radical (unpaired) electrons. The van der Waals surface area contributed by atoms with Gasteiger partial charge in [0, 0.05) is 24.3 Å². The van der Waals surface area contributed by atoms with Gasteiger partial charge in [0.05, 0.1) is 12.7 Å². The van der Waals surface area contributed by atoms with E-state index in [9.17, 15) is 9.59 Å². The largest absolute Gasteiger partial charge is 0.496 e. The summed E-state index contributed by atoms with van der Waals surface area (Å²) in [6.07, 6.45) is 0.710. The Kier molecular flexibility index (Phi) is 5.60. The second-order valence-corrected chi connectivity index (χ2v) is 6.27. The van der Waals surface area contributed by atoms with Gasteiger partial charge in [-0.25, -0.2) is 0 Å².